The lowest BCUT2D eigenvalue weighted by molar-refractivity contribution is -0.385. The molecular weight excluding hydrogens is 276 g/mol. The van der Waals surface area contributed by atoms with Crippen LogP contribution in [0.5, 0.6) is 0 Å². The number of carboxylic acid groups (broad SMARTS) is 1. The first-order valence-electron chi connectivity index (χ1n) is 6.39. The molecule has 21 heavy (non-hydrogen) atoms. The molecule has 0 atom stereocenters. The zero-order valence-corrected chi connectivity index (χ0v) is 12.6. The van der Waals surface area contributed by atoms with Gasteiger partial charge < -0.3 is 15.3 Å². The molecule has 0 radical (unpaired) electrons. The summed E-state index contributed by atoms with van der Waals surface area (Å²) in [4.78, 5) is 27.0. The Kier molecular flexibility index (Phi) is 5.20. The first-order valence-corrected chi connectivity index (χ1v) is 6.39. The van der Waals surface area contributed by atoms with E-state index in [9.17, 15) is 14.9 Å². The summed E-state index contributed by atoms with van der Waals surface area (Å²) < 4.78 is 0. The molecule has 1 aromatic rings. The predicted octanol–water partition coefficient (Wildman–Crippen LogP) is 1.69. The molecule has 0 saturated heterocycles. The highest BCUT2D eigenvalue weighted by molar-refractivity contribution is 5.93. The van der Waals surface area contributed by atoms with Crippen molar-refractivity contribution in [1.29, 1.82) is 0 Å². The lowest BCUT2D eigenvalue weighted by Gasteiger charge is -2.28. The Hall–Kier alpha value is -2.22. The van der Waals surface area contributed by atoms with Gasteiger partial charge in [0.05, 0.1) is 4.92 Å². The topological polar surface area (TPSA) is 109 Å². The molecule has 0 amide bonds. The van der Waals surface area contributed by atoms with Gasteiger partial charge in [0.2, 0.25) is 0 Å². The van der Waals surface area contributed by atoms with Gasteiger partial charge in [-0.15, -0.1) is 0 Å². The quantitative estimate of drug-likeness (QED) is 0.582. The van der Waals surface area contributed by atoms with E-state index < -0.39 is 16.6 Å². The Bertz CT molecular complexity index is 543. The van der Waals surface area contributed by atoms with Crippen LogP contribution in [0.25, 0.3) is 0 Å². The van der Waals surface area contributed by atoms with Crippen molar-refractivity contribution < 1.29 is 14.8 Å². The third-order valence-corrected chi connectivity index (χ3v) is 2.80. The molecule has 1 heterocycles. The summed E-state index contributed by atoms with van der Waals surface area (Å²) in [6.07, 6.45) is 0.963. The van der Waals surface area contributed by atoms with Crippen LogP contribution in [-0.4, -0.2) is 53.1 Å². The van der Waals surface area contributed by atoms with Crippen LogP contribution in [-0.2, 0) is 0 Å². The van der Waals surface area contributed by atoms with Crippen LogP contribution in [0.15, 0.2) is 12.3 Å². The molecular formula is C13H20N4O4. The number of carbonyl (C=O) groups is 1. The minimum absolute atomic E-state index is 0.0592. The third-order valence-electron chi connectivity index (χ3n) is 2.80. The number of aromatic nitrogens is 1. The van der Waals surface area contributed by atoms with Gasteiger partial charge in [-0.05, 0) is 19.5 Å². The van der Waals surface area contributed by atoms with Crippen LogP contribution < -0.4 is 5.32 Å². The molecule has 8 nitrogen and oxygen atoms in total. The normalized spacial score (nSPS) is 11.5. The van der Waals surface area contributed by atoms with Crippen LogP contribution in [0.1, 0.15) is 24.2 Å². The smallest absolute Gasteiger partial charge is 0.342 e. The lowest BCUT2D eigenvalue weighted by Crippen LogP contribution is -2.34. The highest BCUT2D eigenvalue weighted by atomic mass is 16.6. The number of rotatable bonds is 7. The second-order valence-corrected chi connectivity index (χ2v) is 5.90. The van der Waals surface area contributed by atoms with E-state index in [2.05, 4.69) is 24.1 Å². The molecule has 0 aliphatic carbocycles. The van der Waals surface area contributed by atoms with E-state index in [1.807, 2.05) is 19.0 Å². The highest BCUT2D eigenvalue weighted by Gasteiger charge is 2.23. The molecule has 1 rings (SSSR count). The predicted molar refractivity (Wildman–Crippen MR) is 78.7 cm³/mol. The monoisotopic (exact) mass is 296 g/mol. The molecule has 0 fully saturated rings. The van der Waals surface area contributed by atoms with Gasteiger partial charge in [-0.1, -0.05) is 13.8 Å². The summed E-state index contributed by atoms with van der Waals surface area (Å²) in [6.45, 7) is 5.51. The largest absolute Gasteiger partial charge is 0.477 e. The number of hydrogen-bond donors (Lipinski definition) is 2. The number of nitrogens with one attached hydrogen (secondary N) is 1. The summed E-state index contributed by atoms with van der Waals surface area (Å²) in [5.74, 6) is -1.04. The maximum Gasteiger partial charge on any atom is 0.342 e. The molecule has 0 spiro atoms. The minimum Gasteiger partial charge on any atom is -0.477 e. The Morgan fingerprint density at radius 2 is 2.14 bits per heavy atom. The van der Waals surface area contributed by atoms with Gasteiger partial charge in [0, 0.05) is 19.2 Å². The van der Waals surface area contributed by atoms with Crippen molar-refractivity contribution in [2.45, 2.75) is 13.8 Å². The summed E-state index contributed by atoms with van der Waals surface area (Å²) >= 11 is 0. The van der Waals surface area contributed by atoms with E-state index in [0.717, 1.165) is 12.7 Å². The Morgan fingerprint density at radius 3 is 2.62 bits per heavy atom. The fraction of sp³-hybridized carbons (Fsp3) is 0.538. The second-order valence-electron chi connectivity index (χ2n) is 5.90. The molecule has 0 bridgehead atoms. The van der Waals surface area contributed by atoms with Crippen molar-refractivity contribution in [3.8, 4) is 0 Å². The van der Waals surface area contributed by atoms with Crippen LogP contribution in [0, 0.1) is 15.5 Å². The molecule has 116 valence electrons. The Balaban J connectivity index is 2.88. The summed E-state index contributed by atoms with van der Waals surface area (Å²) in [6, 6.07) is 1.19. The van der Waals surface area contributed by atoms with E-state index in [1.165, 1.54) is 6.07 Å². The van der Waals surface area contributed by atoms with Crippen molar-refractivity contribution in [1.82, 2.24) is 9.88 Å². The summed E-state index contributed by atoms with van der Waals surface area (Å²) in [5, 5.41) is 22.8. The average molecular weight is 296 g/mol. The van der Waals surface area contributed by atoms with Gasteiger partial charge in [-0.25, -0.2) is 9.78 Å². The number of hydrogen-bond acceptors (Lipinski definition) is 6. The first kappa shape index (κ1) is 16.8. The summed E-state index contributed by atoms with van der Waals surface area (Å²) in [7, 11) is 3.93. The highest BCUT2D eigenvalue weighted by Crippen LogP contribution is 2.22. The van der Waals surface area contributed by atoms with Crippen molar-refractivity contribution >= 4 is 17.5 Å². The average Bonchev–Trinajstić information content (AvgIpc) is 2.34. The molecule has 0 aliphatic rings. The maximum atomic E-state index is 11.1. The third kappa shape index (κ3) is 4.99. The van der Waals surface area contributed by atoms with Crippen molar-refractivity contribution in [2.24, 2.45) is 5.41 Å². The standard InChI is InChI=1S/C13H20N4O4/c1-13(2,8-16(3)4)7-15-11-5-9(12(18)19)10(6-14-11)17(20)21/h5-6H,7-8H2,1-4H3,(H,14,15)(H,18,19). The molecule has 0 saturated carbocycles. The van der Waals surface area contributed by atoms with Crippen molar-refractivity contribution in [3.05, 3.63) is 27.9 Å². The SMILES string of the molecule is CN(C)CC(C)(C)CNc1cc(C(=O)O)c([N+](=O)[O-])cn1. The maximum absolute atomic E-state index is 11.1. The molecule has 0 aliphatic heterocycles. The first-order chi connectivity index (χ1) is 9.62. The Morgan fingerprint density at radius 1 is 1.52 bits per heavy atom. The van der Waals surface area contributed by atoms with Crippen LogP contribution in [0.3, 0.4) is 0 Å². The van der Waals surface area contributed by atoms with Gasteiger partial charge in [0.1, 0.15) is 17.6 Å². The molecule has 0 unspecified atom stereocenters. The number of nitro groups is 1. The number of anilines is 1. The molecule has 1 aromatic heterocycles. The Labute approximate surface area is 122 Å². The number of aromatic carboxylic acids is 1. The van der Waals surface area contributed by atoms with Crippen molar-refractivity contribution in [3.63, 3.8) is 0 Å². The van der Waals surface area contributed by atoms with Crippen LogP contribution >= 0.6 is 0 Å². The van der Waals surface area contributed by atoms with Gasteiger partial charge in [-0.2, -0.15) is 0 Å². The summed E-state index contributed by atoms with van der Waals surface area (Å²) in [5.41, 5.74) is -0.945. The van der Waals surface area contributed by atoms with Gasteiger partial charge >= 0.3 is 11.7 Å². The zero-order valence-electron chi connectivity index (χ0n) is 12.6. The number of nitrogens with zero attached hydrogens (tertiary/aromatic N) is 3. The van der Waals surface area contributed by atoms with Gasteiger partial charge in [0.15, 0.2) is 0 Å². The van der Waals surface area contributed by atoms with Crippen molar-refractivity contribution in [2.75, 3.05) is 32.5 Å². The number of carboxylic acids is 1. The fourth-order valence-electron chi connectivity index (χ4n) is 2.10. The second kappa shape index (κ2) is 6.49. The number of pyridine rings is 1. The van der Waals surface area contributed by atoms with E-state index >= 15 is 0 Å². The molecule has 2 N–H and O–H groups in total. The van der Waals surface area contributed by atoms with Crippen LogP contribution in [0.4, 0.5) is 11.5 Å². The zero-order chi connectivity index (χ0) is 16.2. The minimum atomic E-state index is -1.35. The van der Waals surface area contributed by atoms with E-state index in [4.69, 9.17) is 5.11 Å². The molecule has 0 aromatic carbocycles. The van der Waals surface area contributed by atoms with E-state index in [1.54, 1.807) is 0 Å². The fourth-order valence-corrected chi connectivity index (χ4v) is 2.10. The van der Waals surface area contributed by atoms with E-state index in [0.29, 0.717) is 12.4 Å². The molecule has 8 heteroatoms. The van der Waals surface area contributed by atoms with Gasteiger partial charge in [-0.3, -0.25) is 10.1 Å². The van der Waals surface area contributed by atoms with Gasteiger partial charge in [0.25, 0.3) is 0 Å². The lowest BCUT2D eigenvalue weighted by atomic mass is 9.93. The van der Waals surface area contributed by atoms with Crippen LogP contribution in [0.2, 0.25) is 0 Å². The van der Waals surface area contributed by atoms with E-state index in [-0.39, 0.29) is 11.0 Å².